The van der Waals surface area contributed by atoms with E-state index in [9.17, 15) is 0 Å². The molecule has 6 heteroatoms. The predicted octanol–water partition coefficient (Wildman–Crippen LogP) is 2.57. The van der Waals surface area contributed by atoms with Crippen molar-refractivity contribution >= 4 is 8.80 Å². The first-order chi connectivity index (χ1) is 8.61. The minimum Gasteiger partial charge on any atom is -0.374 e. The molecular formula is C12H26N2O3Si. The first kappa shape index (κ1) is 17.3. The average Bonchev–Trinajstić information content (AvgIpc) is 2.83. The largest absolute Gasteiger partial charge is 0.497 e. The molecule has 1 aromatic rings. The van der Waals surface area contributed by atoms with Gasteiger partial charge in [-0.1, -0.05) is 0 Å². The molecule has 0 aliphatic rings. The van der Waals surface area contributed by atoms with Gasteiger partial charge in [0.2, 0.25) is 0 Å². The maximum atomic E-state index is 5.40. The summed E-state index contributed by atoms with van der Waals surface area (Å²) in [6.07, 6.45) is 5.53. The summed E-state index contributed by atoms with van der Waals surface area (Å²) >= 11 is 0. The Balaban J connectivity index is 0.000000351. The SMILES string of the molecule is CCO[Si](C)(OCC)OCC.CCn1ccnc1. The van der Waals surface area contributed by atoms with E-state index in [-0.39, 0.29) is 0 Å². The molecule has 18 heavy (non-hydrogen) atoms. The van der Waals surface area contributed by atoms with Gasteiger partial charge in [-0.15, -0.1) is 0 Å². The summed E-state index contributed by atoms with van der Waals surface area (Å²) in [6.45, 7) is 12.8. The van der Waals surface area contributed by atoms with E-state index >= 15 is 0 Å². The van der Waals surface area contributed by atoms with Crippen molar-refractivity contribution in [2.24, 2.45) is 0 Å². The van der Waals surface area contributed by atoms with E-state index in [0.717, 1.165) is 6.54 Å². The molecule has 106 valence electrons. The van der Waals surface area contributed by atoms with Gasteiger partial charge in [0.15, 0.2) is 0 Å². The summed E-state index contributed by atoms with van der Waals surface area (Å²) in [6, 6.07) is 0. The minimum atomic E-state index is -2.25. The molecule has 0 radical (unpaired) electrons. The van der Waals surface area contributed by atoms with Gasteiger partial charge >= 0.3 is 8.80 Å². The number of hydrogen-bond acceptors (Lipinski definition) is 4. The van der Waals surface area contributed by atoms with Crippen molar-refractivity contribution < 1.29 is 13.3 Å². The quantitative estimate of drug-likeness (QED) is 0.717. The lowest BCUT2D eigenvalue weighted by Gasteiger charge is -2.23. The first-order valence-corrected chi connectivity index (χ1v) is 8.71. The van der Waals surface area contributed by atoms with Crippen molar-refractivity contribution in [3.63, 3.8) is 0 Å². The third-order valence-electron chi connectivity index (χ3n) is 2.14. The van der Waals surface area contributed by atoms with E-state index in [1.165, 1.54) is 0 Å². The molecule has 0 spiro atoms. The molecule has 0 saturated heterocycles. The summed E-state index contributed by atoms with van der Waals surface area (Å²) in [5.74, 6) is 0. The molecule has 1 aromatic heterocycles. The lowest BCUT2D eigenvalue weighted by molar-refractivity contribution is 0.0783. The molecule has 5 nitrogen and oxygen atoms in total. The summed E-state index contributed by atoms with van der Waals surface area (Å²) in [5, 5.41) is 0. The van der Waals surface area contributed by atoms with E-state index < -0.39 is 8.80 Å². The van der Waals surface area contributed by atoms with Crippen LogP contribution >= 0.6 is 0 Å². The second-order valence-corrected chi connectivity index (χ2v) is 6.15. The number of hydrogen-bond donors (Lipinski definition) is 0. The van der Waals surface area contributed by atoms with Crippen LogP contribution in [0.3, 0.4) is 0 Å². The summed E-state index contributed by atoms with van der Waals surface area (Å²) in [7, 11) is -2.25. The Morgan fingerprint density at radius 3 is 1.72 bits per heavy atom. The van der Waals surface area contributed by atoms with Crippen molar-refractivity contribution in [2.75, 3.05) is 19.8 Å². The third kappa shape index (κ3) is 7.60. The number of aromatic nitrogens is 2. The number of rotatable bonds is 7. The van der Waals surface area contributed by atoms with Crippen LogP contribution in [0.25, 0.3) is 0 Å². The molecule has 0 aromatic carbocycles. The van der Waals surface area contributed by atoms with Gasteiger partial charge in [0.1, 0.15) is 0 Å². The Labute approximate surface area is 111 Å². The van der Waals surface area contributed by atoms with Gasteiger partial charge in [0, 0.05) is 45.3 Å². The second kappa shape index (κ2) is 10.2. The molecule has 0 amide bonds. The number of aryl methyl sites for hydroxylation is 1. The Morgan fingerprint density at radius 2 is 1.50 bits per heavy atom. The number of imidazole rings is 1. The highest BCUT2D eigenvalue weighted by atomic mass is 28.4. The van der Waals surface area contributed by atoms with Gasteiger partial charge in [-0.25, -0.2) is 4.98 Å². The molecular weight excluding hydrogens is 248 g/mol. The van der Waals surface area contributed by atoms with Gasteiger partial charge in [-0.2, -0.15) is 0 Å². The maximum Gasteiger partial charge on any atom is 0.497 e. The summed E-state index contributed by atoms with van der Waals surface area (Å²) in [4.78, 5) is 3.86. The summed E-state index contributed by atoms with van der Waals surface area (Å²) < 4.78 is 18.2. The van der Waals surface area contributed by atoms with Gasteiger partial charge in [-0.3, -0.25) is 0 Å². The highest BCUT2D eigenvalue weighted by molar-refractivity contribution is 6.59. The smallest absolute Gasteiger partial charge is 0.374 e. The lowest BCUT2D eigenvalue weighted by Crippen LogP contribution is -2.42. The lowest BCUT2D eigenvalue weighted by atomic mass is 10.7. The van der Waals surface area contributed by atoms with Gasteiger partial charge in [-0.05, 0) is 27.7 Å². The third-order valence-corrected chi connectivity index (χ3v) is 4.58. The van der Waals surface area contributed by atoms with E-state index in [0.29, 0.717) is 19.8 Å². The van der Waals surface area contributed by atoms with Crippen LogP contribution in [0.15, 0.2) is 18.7 Å². The summed E-state index contributed by atoms with van der Waals surface area (Å²) in [5.41, 5.74) is 0. The maximum absolute atomic E-state index is 5.40. The first-order valence-electron chi connectivity index (χ1n) is 6.49. The Hall–Kier alpha value is -0.693. The fourth-order valence-electron chi connectivity index (χ4n) is 1.39. The molecule has 0 unspecified atom stereocenters. The highest BCUT2D eigenvalue weighted by Gasteiger charge is 2.32. The fourth-order valence-corrected chi connectivity index (χ4v) is 3.21. The Bertz CT molecular complexity index is 264. The Morgan fingerprint density at radius 1 is 1.00 bits per heavy atom. The van der Waals surface area contributed by atoms with Crippen LogP contribution in [0.1, 0.15) is 27.7 Å². The zero-order chi connectivity index (χ0) is 13.9. The van der Waals surface area contributed by atoms with E-state index in [4.69, 9.17) is 13.3 Å². The molecule has 0 aliphatic carbocycles. The zero-order valence-corrected chi connectivity index (χ0v) is 13.2. The molecule has 0 N–H and O–H groups in total. The van der Waals surface area contributed by atoms with Crippen molar-refractivity contribution in [1.29, 1.82) is 0 Å². The van der Waals surface area contributed by atoms with E-state index in [2.05, 4.69) is 11.9 Å². The van der Waals surface area contributed by atoms with E-state index in [1.807, 2.05) is 38.1 Å². The zero-order valence-electron chi connectivity index (χ0n) is 12.2. The molecule has 0 fully saturated rings. The van der Waals surface area contributed by atoms with Gasteiger partial charge in [0.05, 0.1) is 6.33 Å². The van der Waals surface area contributed by atoms with Crippen LogP contribution in [0, 0.1) is 0 Å². The van der Waals surface area contributed by atoms with Crippen molar-refractivity contribution in [3.05, 3.63) is 18.7 Å². The van der Waals surface area contributed by atoms with Crippen molar-refractivity contribution in [1.82, 2.24) is 9.55 Å². The average molecular weight is 274 g/mol. The highest BCUT2D eigenvalue weighted by Crippen LogP contribution is 2.08. The van der Waals surface area contributed by atoms with Crippen LogP contribution < -0.4 is 0 Å². The minimum absolute atomic E-state index is 0.655. The van der Waals surface area contributed by atoms with Crippen molar-refractivity contribution in [3.8, 4) is 0 Å². The standard InChI is InChI=1S/C7H18O3Si.C5H8N2/c1-5-8-11(4,9-6-2)10-7-3;1-2-7-4-3-6-5-7/h5-7H2,1-4H3;3-5H,2H2,1H3. The topological polar surface area (TPSA) is 45.5 Å². The van der Waals surface area contributed by atoms with Gasteiger partial charge < -0.3 is 17.8 Å². The van der Waals surface area contributed by atoms with Gasteiger partial charge in [0.25, 0.3) is 0 Å². The molecule has 1 heterocycles. The molecule has 0 saturated carbocycles. The van der Waals surface area contributed by atoms with E-state index in [1.54, 1.807) is 12.5 Å². The predicted molar refractivity (Wildman–Crippen MR) is 74.4 cm³/mol. The number of nitrogens with zero attached hydrogens (tertiary/aromatic N) is 2. The van der Waals surface area contributed by atoms with Crippen LogP contribution in [0.4, 0.5) is 0 Å². The van der Waals surface area contributed by atoms with Crippen LogP contribution in [0.2, 0.25) is 6.55 Å². The monoisotopic (exact) mass is 274 g/mol. The molecule has 1 rings (SSSR count). The molecule has 0 aliphatic heterocycles. The molecule has 0 atom stereocenters. The second-order valence-electron chi connectivity index (χ2n) is 3.55. The Kier molecular flexibility index (Phi) is 9.86. The molecule has 0 bridgehead atoms. The van der Waals surface area contributed by atoms with Crippen molar-refractivity contribution in [2.45, 2.75) is 40.8 Å². The van der Waals surface area contributed by atoms with Crippen LogP contribution in [0.5, 0.6) is 0 Å². The normalized spacial score (nSPS) is 10.9. The fraction of sp³-hybridized carbons (Fsp3) is 0.750. The van der Waals surface area contributed by atoms with Crippen LogP contribution in [-0.2, 0) is 19.8 Å². The van der Waals surface area contributed by atoms with Crippen LogP contribution in [-0.4, -0.2) is 38.2 Å².